The quantitative estimate of drug-likeness (QED) is 0.266. The van der Waals surface area contributed by atoms with Crippen LogP contribution in [0.15, 0.2) is 36.4 Å². The molecule has 2 aliphatic rings. The first-order valence-electron chi connectivity index (χ1n) is 11.2. The maximum atomic E-state index is 5.44. The van der Waals surface area contributed by atoms with E-state index in [1.165, 1.54) is 35.1 Å². The fraction of sp³-hybridized carbons (Fsp3) is 0.520. The molecule has 9 heteroatoms. The summed E-state index contributed by atoms with van der Waals surface area (Å²) in [5.41, 5.74) is 5.60. The average Bonchev–Trinajstić information content (AvgIpc) is 2.81. The minimum absolute atomic E-state index is 0.134. The first-order chi connectivity index (χ1) is 16.8. The van der Waals surface area contributed by atoms with Gasteiger partial charge in [0.1, 0.15) is 25.1 Å². The van der Waals surface area contributed by atoms with Crippen molar-refractivity contribution in [1.82, 2.24) is 0 Å². The molecule has 2 aromatic carbocycles. The maximum absolute atomic E-state index is 5.44. The van der Waals surface area contributed by atoms with Crippen LogP contribution in [0.5, 0.6) is 11.5 Å². The van der Waals surface area contributed by atoms with Crippen molar-refractivity contribution in [2.45, 2.75) is 25.7 Å². The van der Waals surface area contributed by atoms with Gasteiger partial charge in [0.2, 0.25) is 0 Å². The lowest BCUT2D eigenvalue weighted by Gasteiger charge is -2.19. The van der Waals surface area contributed by atoms with Gasteiger partial charge in [0.25, 0.3) is 0 Å². The topological polar surface area (TPSA) is 83.1 Å². The summed E-state index contributed by atoms with van der Waals surface area (Å²) in [5.74, 6) is 1.69. The number of rotatable bonds is 16. The summed E-state index contributed by atoms with van der Waals surface area (Å²) < 4.78 is 45.4. The zero-order valence-corrected chi connectivity index (χ0v) is 19.9. The highest BCUT2D eigenvalue weighted by Crippen LogP contribution is 2.27. The second kappa shape index (κ2) is 15.6. The van der Waals surface area contributed by atoms with Crippen LogP contribution in [0.1, 0.15) is 22.3 Å². The summed E-state index contributed by atoms with van der Waals surface area (Å²) in [6, 6.07) is 12.3. The number of aryl methyl sites for hydroxylation is 4. The van der Waals surface area contributed by atoms with E-state index in [9.17, 15) is 0 Å². The number of benzene rings is 2. The Balaban J connectivity index is 0.000000192. The molecule has 9 nitrogen and oxygen atoms in total. The summed E-state index contributed by atoms with van der Waals surface area (Å²) in [6.45, 7) is 1.27. The molecule has 34 heavy (non-hydrogen) atoms. The summed E-state index contributed by atoms with van der Waals surface area (Å²) in [4.78, 5) is 0. The third-order valence-electron chi connectivity index (χ3n) is 5.20. The highest BCUT2D eigenvalue weighted by atomic mass is 16.8. The predicted molar refractivity (Wildman–Crippen MR) is 122 cm³/mol. The molecule has 4 rings (SSSR count). The van der Waals surface area contributed by atoms with Crippen LogP contribution in [-0.4, -0.2) is 61.8 Å². The third-order valence-corrected chi connectivity index (χ3v) is 5.20. The largest absolute Gasteiger partial charge is 0.467 e. The Morgan fingerprint density at radius 2 is 0.853 bits per heavy atom. The van der Waals surface area contributed by atoms with Crippen LogP contribution in [0.25, 0.3) is 0 Å². The molecule has 0 unspecified atom stereocenters. The molecule has 0 fully saturated rings. The van der Waals surface area contributed by atoms with Crippen molar-refractivity contribution in [1.29, 1.82) is 0 Å². The van der Waals surface area contributed by atoms with E-state index < -0.39 is 0 Å². The molecular weight excluding hydrogens is 444 g/mol. The fourth-order valence-electron chi connectivity index (χ4n) is 3.26. The van der Waals surface area contributed by atoms with Gasteiger partial charge >= 0.3 is 0 Å². The lowest BCUT2D eigenvalue weighted by Crippen LogP contribution is -2.11. The van der Waals surface area contributed by atoms with E-state index in [0.717, 1.165) is 24.3 Å². The van der Waals surface area contributed by atoms with Gasteiger partial charge in [0.15, 0.2) is 34.0 Å². The molecular formula is C25H34O9. The van der Waals surface area contributed by atoms with Crippen LogP contribution in [0.4, 0.5) is 0 Å². The van der Waals surface area contributed by atoms with Crippen molar-refractivity contribution in [3.63, 3.8) is 0 Å². The molecule has 0 amide bonds. The fourth-order valence-corrected chi connectivity index (χ4v) is 3.26. The molecule has 0 heterocycles. The van der Waals surface area contributed by atoms with Gasteiger partial charge in [-0.25, -0.2) is 0 Å². The Kier molecular flexibility index (Phi) is 12.1. The minimum Gasteiger partial charge on any atom is -0.467 e. The number of hydrogen-bond donors (Lipinski definition) is 0. The Labute approximate surface area is 200 Å². The third kappa shape index (κ3) is 9.19. The maximum Gasteiger partial charge on any atom is 0.191 e. The Bertz CT molecular complexity index is 843. The van der Waals surface area contributed by atoms with E-state index in [0.29, 0.717) is 0 Å². The molecule has 0 saturated carbocycles. The Morgan fingerprint density at radius 1 is 0.471 bits per heavy atom. The second-order valence-corrected chi connectivity index (χ2v) is 7.57. The number of hydrogen-bond acceptors (Lipinski definition) is 9. The molecule has 0 radical (unpaired) electrons. The van der Waals surface area contributed by atoms with Gasteiger partial charge in [0, 0.05) is 14.2 Å². The monoisotopic (exact) mass is 478 g/mol. The van der Waals surface area contributed by atoms with Crippen LogP contribution in [0.2, 0.25) is 0 Å². The highest BCUT2D eigenvalue weighted by Gasteiger charge is 2.13. The molecule has 0 N–H and O–H groups in total. The lowest BCUT2D eigenvalue weighted by atomic mass is 9.89. The summed E-state index contributed by atoms with van der Waals surface area (Å²) in [5, 5.41) is 0. The van der Waals surface area contributed by atoms with E-state index in [4.69, 9.17) is 37.9 Å². The van der Waals surface area contributed by atoms with Crippen molar-refractivity contribution in [2.75, 3.05) is 61.8 Å². The van der Waals surface area contributed by atoms with E-state index in [1.807, 2.05) is 12.1 Å². The molecule has 0 spiro atoms. The van der Waals surface area contributed by atoms with Crippen molar-refractivity contribution in [2.24, 2.45) is 0 Å². The normalized spacial score (nSPS) is 13.0. The first-order valence-corrected chi connectivity index (χ1v) is 11.2. The zero-order valence-electron chi connectivity index (χ0n) is 19.9. The summed E-state index contributed by atoms with van der Waals surface area (Å²) >= 11 is 0. The Morgan fingerprint density at radius 3 is 1.21 bits per heavy atom. The van der Waals surface area contributed by atoms with Crippen LogP contribution in [-0.2, 0) is 58.8 Å². The van der Waals surface area contributed by atoms with Crippen molar-refractivity contribution < 1.29 is 42.6 Å². The van der Waals surface area contributed by atoms with Gasteiger partial charge in [-0.3, -0.25) is 0 Å². The molecule has 188 valence electrons. The van der Waals surface area contributed by atoms with E-state index in [-0.39, 0.29) is 47.6 Å². The molecule has 0 aliphatic heterocycles. The number of fused-ring (bicyclic) bond motifs is 2. The van der Waals surface area contributed by atoms with Gasteiger partial charge < -0.3 is 42.6 Å². The van der Waals surface area contributed by atoms with E-state index in [1.54, 1.807) is 14.2 Å². The van der Waals surface area contributed by atoms with Crippen molar-refractivity contribution >= 4 is 0 Å². The lowest BCUT2D eigenvalue weighted by molar-refractivity contribution is -0.177. The second-order valence-electron chi connectivity index (χ2n) is 7.57. The zero-order chi connectivity index (χ0) is 23.8. The summed E-state index contributed by atoms with van der Waals surface area (Å²) in [7, 11) is 3.12. The van der Waals surface area contributed by atoms with E-state index >= 15 is 0 Å². The Hall–Kier alpha value is -2.24. The van der Waals surface area contributed by atoms with E-state index in [2.05, 4.69) is 29.0 Å². The number of ether oxygens (including phenoxy) is 9. The van der Waals surface area contributed by atoms with Crippen LogP contribution < -0.4 is 9.47 Å². The molecule has 0 atom stereocenters. The predicted octanol–water partition coefficient (Wildman–Crippen LogP) is 3.41. The number of methoxy groups -OCH3 is 2. The van der Waals surface area contributed by atoms with Crippen LogP contribution >= 0.6 is 0 Å². The minimum atomic E-state index is 0.134. The molecule has 0 saturated heterocycles. The van der Waals surface area contributed by atoms with Crippen molar-refractivity contribution in [3.05, 3.63) is 58.7 Å². The molecule has 2 aromatic rings. The smallest absolute Gasteiger partial charge is 0.191 e. The summed E-state index contributed by atoms with van der Waals surface area (Å²) in [6.07, 6.45) is 4.68. The van der Waals surface area contributed by atoms with Crippen LogP contribution in [0.3, 0.4) is 0 Å². The van der Waals surface area contributed by atoms with Gasteiger partial charge in [-0.1, -0.05) is 12.1 Å². The van der Waals surface area contributed by atoms with Gasteiger partial charge in [-0.15, -0.1) is 0 Å². The molecule has 0 aromatic heterocycles. The van der Waals surface area contributed by atoms with Crippen molar-refractivity contribution in [3.8, 4) is 11.5 Å². The molecule has 0 bridgehead atoms. The SMILES string of the molecule is COCOCOCOCOc1ccc2c(c1)CC2.COCOCOCOc1ccc2c(c1)CC2. The van der Waals surface area contributed by atoms with Gasteiger partial charge in [-0.2, -0.15) is 0 Å². The average molecular weight is 479 g/mol. The standard InChI is InChI=1S/C13H18O5.C12H16O4/c1-14-7-15-8-16-9-17-10-18-13-5-4-11-2-3-12(11)6-13;1-13-7-14-8-15-9-16-12-5-4-10-2-3-11(10)6-12/h4-6H,2-3,7-10H2,1H3;4-6H,2-3,7-9H2,1H3. The van der Waals surface area contributed by atoms with Gasteiger partial charge in [-0.05, 0) is 72.2 Å². The highest BCUT2D eigenvalue weighted by molar-refractivity contribution is 5.42. The van der Waals surface area contributed by atoms with Gasteiger partial charge in [0.05, 0.1) is 0 Å². The first kappa shape index (κ1) is 26.4. The van der Waals surface area contributed by atoms with Crippen LogP contribution in [0, 0.1) is 0 Å². The molecule has 2 aliphatic carbocycles.